The summed E-state index contributed by atoms with van der Waals surface area (Å²) in [5.41, 5.74) is 3.52. The maximum atomic E-state index is 12.8. The zero-order valence-electron chi connectivity index (χ0n) is 17.0. The van der Waals surface area contributed by atoms with E-state index in [1.165, 1.54) is 20.4 Å². The van der Waals surface area contributed by atoms with Gasteiger partial charge in [0.05, 0.1) is 20.4 Å². The van der Waals surface area contributed by atoms with Gasteiger partial charge in [-0.05, 0) is 37.1 Å². The van der Waals surface area contributed by atoms with Crippen molar-refractivity contribution in [3.63, 3.8) is 0 Å². The van der Waals surface area contributed by atoms with E-state index < -0.39 is 0 Å². The van der Waals surface area contributed by atoms with E-state index in [2.05, 4.69) is 10.5 Å². The van der Waals surface area contributed by atoms with E-state index in [-0.39, 0.29) is 23.5 Å². The standard InChI is InChI=1S/C22H25N3O5/c1-29-18-11-17(12-19(13-18)30-2)22(28)25-9-7-15(8-10-25)21(27)24-23-14-16-5-3-4-6-20(16)26/h3-6,11-15,26H,7-10H2,1-2H3,(H,24,27)/b23-14-. The van der Waals surface area contributed by atoms with Gasteiger partial charge in [0.15, 0.2) is 0 Å². The first kappa shape index (κ1) is 21.2. The molecule has 8 heteroatoms. The van der Waals surface area contributed by atoms with Gasteiger partial charge in [0, 0.05) is 36.2 Å². The number of hydrazone groups is 1. The van der Waals surface area contributed by atoms with E-state index in [9.17, 15) is 14.7 Å². The van der Waals surface area contributed by atoms with E-state index >= 15 is 0 Å². The number of phenolic OH excluding ortho intramolecular Hbond substituents is 1. The molecule has 30 heavy (non-hydrogen) atoms. The molecule has 2 N–H and O–H groups in total. The zero-order chi connectivity index (χ0) is 21.5. The minimum atomic E-state index is -0.226. The molecule has 0 bridgehead atoms. The molecule has 158 valence electrons. The minimum absolute atomic E-state index is 0.0940. The van der Waals surface area contributed by atoms with Crippen molar-refractivity contribution < 1.29 is 24.2 Å². The lowest BCUT2D eigenvalue weighted by Crippen LogP contribution is -2.42. The van der Waals surface area contributed by atoms with E-state index in [4.69, 9.17) is 9.47 Å². The molecule has 1 aliphatic rings. The first-order chi connectivity index (χ1) is 14.5. The molecular weight excluding hydrogens is 386 g/mol. The smallest absolute Gasteiger partial charge is 0.254 e. The highest BCUT2D eigenvalue weighted by molar-refractivity contribution is 5.95. The van der Waals surface area contributed by atoms with Gasteiger partial charge in [-0.2, -0.15) is 5.10 Å². The molecule has 0 spiro atoms. The van der Waals surface area contributed by atoms with Gasteiger partial charge in [0.25, 0.3) is 5.91 Å². The predicted octanol–water partition coefficient (Wildman–Crippen LogP) is 2.41. The number of rotatable bonds is 6. The number of amides is 2. The van der Waals surface area contributed by atoms with Crippen LogP contribution in [0.25, 0.3) is 0 Å². The molecule has 0 saturated carbocycles. The van der Waals surface area contributed by atoms with Crippen LogP contribution in [0.2, 0.25) is 0 Å². The Kier molecular flexibility index (Phi) is 6.90. The monoisotopic (exact) mass is 411 g/mol. The van der Waals surface area contributed by atoms with Crippen molar-refractivity contribution in [2.45, 2.75) is 12.8 Å². The van der Waals surface area contributed by atoms with Gasteiger partial charge in [-0.25, -0.2) is 5.43 Å². The van der Waals surface area contributed by atoms with Crippen LogP contribution >= 0.6 is 0 Å². The van der Waals surface area contributed by atoms with Crippen molar-refractivity contribution in [3.8, 4) is 17.2 Å². The van der Waals surface area contributed by atoms with Gasteiger partial charge in [0.2, 0.25) is 5.91 Å². The van der Waals surface area contributed by atoms with Crippen molar-refractivity contribution in [2.75, 3.05) is 27.3 Å². The number of benzene rings is 2. The number of nitrogens with zero attached hydrogens (tertiary/aromatic N) is 2. The molecule has 3 rings (SSSR count). The van der Waals surface area contributed by atoms with Crippen LogP contribution in [-0.4, -0.2) is 55.3 Å². The average Bonchev–Trinajstić information content (AvgIpc) is 2.79. The molecule has 2 aromatic carbocycles. The summed E-state index contributed by atoms with van der Waals surface area (Å²) in [5, 5.41) is 13.6. The van der Waals surface area contributed by atoms with Crippen molar-refractivity contribution in [1.82, 2.24) is 10.3 Å². The number of carbonyl (C=O) groups is 2. The quantitative estimate of drug-likeness (QED) is 0.562. The number of carbonyl (C=O) groups excluding carboxylic acids is 2. The Labute approximate surface area is 175 Å². The summed E-state index contributed by atoms with van der Waals surface area (Å²) in [6.07, 6.45) is 2.50. The Hall–Kier alpha value is -3.55. The third-order valence-corrected chi connectivity index (χ3v) is 5.07. The lowest BCUT2D eigenvalue weighted by molar-refractivity contribution is -0.126. The number of ether oxygens (including phenoxy) is 2. The molecule has 1 saturated heterocycles. The Morgan fingerprint density at radius 3 is 2.33 bits per heavy atom. The van der Waals surface area contributed by atoms with Gasteiger partial charge in [-0.15, -0.1) is 0 Å². The van der Waals surface area contributed by atoms with Crippen LogP contribution in [0.1, 0.15) is 28.8 Å². The summed E-state index contributed by atoms with van der Waals surface area (Å²) in [4.78, 5) is 26.9. The fraction of sp³-hybridized carbons (Fsp3) is 0.318. The second-order valence-corrected chi connectivity index (χ2v) is 6.96. The number of hydrogen-bond acceptors (Lipinski definition) is 6. The van der Waals surface area contributed by atoms with Crippen molar-refractivity contribution in [3.05, 3.63) is 53.6 Å². The van der Waals surface area contributed by atoms with E-state index in [1.54, 1.807) is 47.4 Å². The summed E-state index contributed by atoms with van der Waals surface area (Å²) in [6, 6.07) is 11.8. The summed E-state index contributed by atoms with van der Waals surface area (Å²) in [6.45, 7) is 0.944. The number of phenols is 1. The highest BCUT2D eigenvalue weighted by Gasteiger charge is 2.28. The average molecular weight is 411 g/mol. The maximum Gasteiger partial charge on any atom is 0.254 e. The molecule has 0 aromatic heterocycles. The van der Waals surface area contributed by atoms with Gasteiger partial charge in [-0.3, -0.25) is 9.59 Å². The fourth-order valence-electron chi connectivity index (χ4n) is 3.31. The number of likely N-dealkylation sites (tertiary alicyclic amines) is 1. The number of nitrogens with one attached hydrogen (secondary N) is 1. The lowest BCUT2D eigenvalue weighted by atomic mass is 9.95. The number of hydrogen-bond donors (Lipinski definition) is 2. The lowest BCUT2D eigenvalue weighted by Gasteiger charge is -2.31. The molecule has 2 amide bonds. The Bertz CT molecular complexity index is 914. The number of aromatic hydroxyl groups is 1. The second kappa shape index (κ2) is 9.78. The number of para-hydroxylation sites is 1. The molecule has 8 nitrogen and oxygen atoms in total. The van der Waals surface area contributed by atoms with Gasteiger partial charge in [-0.1, -0.05) is 12.1 Å². The normalized spacial score (nSPS) is 14.5. The predicted molar refractivity (Wildman–Crippen MR) is 112 cm³/mol. The van der Waals surface area contributed by atoms with Crippen LogP contribution in [0.15, 0.2) is 47.6 Å². The molecule has 0 atom stereocenters. The van der Waals surface area contributed by atoms with Crippen molar-refractivity contribution >= 4 is 18.0 Å². The highest BCUT2D eigenvalue weighted by Crippen LogP contribution is 2.25. The molecule has 0 radical (unpaired) electrons. The Balaban J connectivity index is 1.55. The molecule has 0 aliphatic carbocycles. The number of piperidine rings is 1. The van der Waals surface area contributed by atoms with Crippen LogP contribution in [0.3, 0.4) is 0 Å². The highest BCUT2D eigenvalue weighted by atomic mass is 16.5. The minimum Gasteiger partial charge on any atom is -0.507 e. The summed E-state index contributed by atoms with van der Waals surface area (Å²) in [7, 11) is 3.07. The zero-order valence-corrected chi connectivity index (χ0v) is 17.0. The summed E-state index contributed by atoms with van der Waals surface area (Å²) in [5.74, 6) is 0.649. The molecule has 1 aliphatic heterocycles. The first-order valence-corrected chi connectivity index (χ1v) is 9.65. The topological polar surface area (TPSA) is 100 Å². The third kappa shape index (κ3) is 5.08. The molecular formula is C22H25N3O5. The van der Waals surface area contributed by atoms with Crippen LogP contribution in [-0.2, 0) is 4.79 Å². The number of methoxy groups -OCH3 is 2. The summed E-state index contributed by atoms with van der Waals surface area (Å²) >= 11 is 0. The molecule has 2 aromatic rings. The Morgan fingerprint density at radius 1 is 1.10 bits per heavy atom. The van der Waals surface area contributed by atoms with Crippen LogP contribution in [0, 0.1) is 5.92 Å². The maximum absolute atomic E-state index is 12.8. The SMILES string of the molecule is COc1cc(OC)cc(C(=O)N2CCC(C(=O)N/N=C\c3ccccc3O)CC2)c1. The second-order valence-electron chi connectivity index (χ2n) is 6.96. The largest absolute Gasteiger partial charge is 0.507 e. The van der Waals surface area contributed by atoms with Gasteiger partial charge in [0.1, 0.15) is 17.2 Å². The van der Waals surface area contributed by atoms with Crippen LogP contribution in [0.5, 0.6) is 17.2 Å². The van der Waals surface area contributed by atoms with Crippen LogP contribution < -0.4 is 14.9 Å². The van der Waals surface area contributed by atoms with E-state index in [0.717, 1.165) is 0 Å². The third-order valence-electron chi connectivity index (χ3n) is 5.07. The molecule has 1 fully saturated rings. The van der Waals surface area contributed by atoms with E-state index in [1.807, 2.05) is 0 Å². The van der Waals surface area contributed by atoms with Crippen molar-refractivity contribution in [1.29, 1.82) is 0 Å². The molecule has 1 heterocycles. The van der Waals surface area contributed by atoms with E-state index in [0.29, 0.717) is 48.6 Å². The molecule has 0 unspecified atom stereocenters. The van der Waals surface area contributed by atoms with Crippen LogP contribution in [0.4, 0.5) is 0 Å². The summed E-state index contributed by atoms with van der Waals surface area (Å²) < 4.78 is 10.5. The van der Waals surface area contributed by atoms with Gasteiger partial charge >= 0.3 is 0 Å². The van der Waals surface area contributed by atoms with Gasteiger partial charge < -0.3 is 19.5 Å². The Morgan fingerprint density at radius 2 is 1.73 bits per heavy atom. The first-order valence-electron chi connectivity index (χ1n) is 9.65. The fourth-order valence-corrected chi connectivity index (χ4v) is 3.31. The van der Waals surface area contributed by atoms with Crippen molar-refractivity contribution in [2.24, 2.45) is 11.0 Å².